The lowest BCUT2D eigenvalue weighted by molar-refractivity contribution is -0.279. The van der Waals surface area contributed by atoms with Gasteiger partial charge in [0.05, 0.1) is 24.5 Å². The van der Waals surface area contributed by atoms with Gasteiger partial charge in [-0.25, -0.2) is 4.79 Å². The number of hydrogen-bond acceptors (Lipinski definition) is 17. The second kappa shape index (κ2) is 17.4. The third-order valence-electron chi connectivity index (χ3n) is 10.6. The molecule has 17 nitrogen and oxygen atoms in total. The number of aliphatic hydroxyl groups is 1. The van der Waals surface area contributed by atoms with Gasteiger partial charge < -0.3 is 47.7 Å². The van der Waals surface area contributed by atoms with E-state index in [1.807, 2.05) is 0 Å². The van der Waals surface area contributed by atoms with Crippen molar-refractivity contribution in [3.05, 3.63) is 23.8 Å². The predicted molar refractivity (Wildman–Crippen MR) is 190 cm³/mol. The van der Waals surface area contributed by atoms with E-state index >= 15 is 0 Å². The second-order valence-corrected chi connectivity index (χ2v) is 15.9. The molecule has 0 bridgehead atoms. The van der Waals surface area contributed by atoms with Crippen LogP contribution in [0, 0.1) is 29.1 Å². The van der Waals surface area contributed by atoms with Crippen molar-refractivity contribution >= 4 is 41.8 Å². The maximum absolute atomic E-state index is 13.7. The molecule has 1 saturated carbocycles. The van der Waals surface area contributed by atoms with Crippen molar-refractivity contribution in [3.8, 4) is 0 Å². The largest absolute Gasteiger partial charge is 0.459 e. The van der Waals surface area contributed by atoms with Crippen LogP contribution in [0.25, 0.3) is 0 Å². The number of rotatable bonds is 13. The minimum Gasteiger partial charge on any atom is -0.459 e. The Labute approximate surface area is 325 Å². The van der Waals surface area contributed by atoms with Crippen molar-refractivity contribution in [1.82, 2.24) is 0 Å². The minimum absolute atomic E-state index is 0.0136. The molecule has 4 aliphatic rings. The van der Waals surface area contributed by atoms with E-state index in [9.17, 15) is 38.7 Å². The Morgan fingerprint density at radius 2 is 1.41 bits per heavy atom. The first-order valence-corrected chi connectivity index (χ1v) is 18.6. The van der Waals surface area contributed by atoms with Gasteiger partial charge in [-0.2, -0.15) is 0 Å². The minimum atomic E-state index is -2.42. The van der Waals surface area contributed by atoms with Gasteiger partial charge in [0, 0.05) is 46.6 Å². The lowest BCUT2D eigenvalue weighted by Crippen LogP contribution is -2.76. The first kappa shape index (κ1) is 44.4. The van der Waals surface area contributed by atoms with Crippen LogP contribution in [0.4, 0.5) is 0 Å². The molecule has 312 valence electrons. The van der Waals surface area contributed by atoms with Gasteiger partial charge in [0.1, 0.15) is 17.8 Å². The van der Waals surface area contributed by atoms with E-state index in [1.54, 1.807) is 27.7 Å². The van der Waals surface area contributed by atoms with Crippen LogP contribution in [0.15, 0.2) is 23.8 Å². The summed E-state index contributed by atoms with van der Waals surface area (Å²) < 4.78 is 52.6. The molecule has 2 saturated heterocycles. The van der Waals surface area contributed by atoms with E-state index < -0.39 is 113 Å². The lowest BCUT2D eigenvalue weighted by Gasteiger charge is -2.59. The molecule has 0 radical (unpaired) electrons. The summed E-state index contributed by atoms with van der Waals surface area (Å²) in [6, 6.07) is 0. The van der Waals surface area contributed by atoms with Crippen LogP contribution >= 0.6 is 0 Å². The summed E-state index contributed by atoms with van der Waals surface area (Å²) in [4.78, 5) is 92.2. The third-order valence-corrected chi connectivity index (χ3v) is 10.6. The van der Waals surface area contributed by atoms with E-state index in [1.165, 1.54) is 39.2 Å². The van der Waals surface area contributed by atoms with Gasteiger partial charge >= 0.3 is 41.8 Å². The lowest BCUT2D eigenvalue weighted by atomic mass is 9.51. The Hall–Kier alpha value is -4.35. The fraction of sp³-hybridized carbons (Fsp3) is 0.718. The molecule has 0 amide bonds. The van der Waals surface area contributed by atoms with Crippen LogP contribution in [0.1, 0.15) is 75.2 Å². The molecule has 0 aromatic heterocycles. The molecule has 3 fully saturated rings. The molecule has 0 aromatic rings. The first-order valence-electron chi connectivity index (χ1n) is 18.6. The average molecular weight is 795 g/mol. The number of fused-ring (bicyclic) bond motifs is 3. The zero-order chi connectivity index (χ0) is 41.9. The maximum atomic E-state index is 13.7. The summed E-state index contributed by atoms with van der Waals surface area (Å²) in [5.74, 6) is -9.19. The van der Waals surface area contributed by atoms with Crippen molar-refractivity contribution in [3.63, 3.8) is 0 Å². The molecule has 0 unspecified atom stereocenters. The zero-order valence-electron chi connectivity index (χ0n) is 33.5. The van der Waals surface area contributed by atoms with Crippen LogP contribution in [-0.2, 0) is 76.2 Å². The highest BCUT2D eigenvalue weighted by Crippen LogP contribution is 2.63. The molecule has 17 heteroatoms. The molecule has 1 N–H and O–H groups in total. The topological polar surface area (TPSA) is 226 Å². The van der Waals surface area contributed by atoms with Crippen LogP contribution in [0.2, 0.25) is 0 Å². The Bertz CT molecular complexity index is 1610. The van der Waals surface area contributed by atoms with E-state index in [2.05, 4.69) is 0 Å². The molecule has 2 aliphatic heterocycles. The standard InChI is InChI=1S/C39H54O17/c1-19(2)13-28(43)49-17-30(45)54-26-12-11-25(16-48-10)15-27-39(47,21(5)36(46)55-27)35(53-24(8)42)32-37(26,9)33(52-23(7)41)31(51-22(6)40)34(38(32)18-50-38)56-29(44)14-20(3)4/h11-12,15,19-21,26-27,31-35,47H,13-14,16-18H2,1-10H3/b12-11-,25-15-/t21-,26-,27-,31+,32+,33-,34+,35-,37+,38-,39-/m0/s1. The number of carbonyl (C=O) groups is 7. The SMILES string of the molecule is COCC1=C\[C@@H]2OC(=O)[C@H](C)[C@@]2(O)[C@@H](OC(C)=O)[C@H]2[C@@]3(CO3)[C@H](OC(=O)CC(C)C)[C@H](OC(C)=O)[C@H](OC(C)=O)[C@]2(C)[C@@H](OC(=O)COC(=O)CC(C)C)/C=C\1. The van der Waals surface area contributed by atoms with Gasteiger partial charge in [-0.05, 0) is 36.5 Å². The van der Waals surface area contributed by atoms with E-state index in [0.29, 0.717) is 5.57 Å². The highest BCUT2D eigenvalue weighted by Gasteiger charge is 2.81. The quantitative estimate of drug-likeness (QED) is 0.160. The molecular weight excluding hydrogens is 740 g/mol. The molecule has 0 aromatic carbocycles. The predicted octanol–water partition coefficient (Wildman–Crippen LogP) is 2.08. The Morgan fingerprint density at radius 1 is 0.839 bits per heavy atom. The molecular formula is C39H54O17. The van der Waals surface area contributed by atoms with Gasteiger partial charge in [0.15, 0.2) is 36.6 Å². The van der Waals surface area contributed by atoms with Crippen molar-refractivity contribution in [2.75, 3.05) is 26.9 Å². The number of epoxide rings is 1. The van der Waals surface area contributed by atoms with Crippen LogP contribution < -0.4 is 0 Å². The van der Waals surface area contributed by atoms with Crippen molar-refractivity contribution < 1.29 is 81.3 Å². The molecule has 1 spiro atoms. The highest BCUT2D eigenvalue weighted by atomic mass is 16.7. The Balaban J connectivity index is 2.10. The molecule has 56 heavy (non-hydrogen) atoms. The smallest absolute Gasteiger partial charge is 0.344 e. The van der Waals surface area contributed by atoms with Gasteiger partial charge in [-0.15, -0.1) is 0 Å². The molecule has 2 aliphatic carbocycles. The zero-order valence-corrected chi connectivity index (χ0v) is 33.5. The van der Waals surface area contributed by atoms with Gasteiger partial charge in [0.2, 0.25) is 0 Å². The Kier molecular flexibility index (Phi) is 13.8. The number of hydrogen-bond donors (Lipinski definition) is 1. The summed E-state index contributed by atoms with van der Waals surface area (Å²) in [5.41, 5.74) is -5.90. The Morgan fingerprint density at radius 3 is 1.95 bits per heavy atom. The summed E-state index contributed by atoms with van der Waals surface area (Å²) in [5, 5.41) is 13.0. The number of methoxy groups -OCH3 is 1. The summed E-state index contributed by atoms with van der Waals surface area (Å²) in [6.45, 7) is 12.0. The number of ether oxygens (including phenoxy) is 9. The fourth-order valence-corrected chi connectivity index (χ4v) is 8.14. The van der Waals surface area contributed by atoms with Crippen molar-refractivity contribution in [1.29, 1.82) is 0 Å². The summed E-state index contributed by atoms with van der Waals surface area (Å²) >= 11 is 0. The van der Waals surface area contributed by atoms with E-state index in [0.717, 1.165) is 20.8 Å². The van der Waals surface area contributed by atoms with Gasteiger partial charge in [-0.1, -0.05) is 40.7 Å². The van der Waals surface area contributed by atoms with Gasteiger partial charge in [-0.3, -0.25) is 28.8 Å². The normalized spacial score (nSPS) is 36.2. The van der Waals surface area contributed by atoms with Crippen LogP contribution in [-0.4, -0.2) is 122 Å². The number of esters is 7. The first-order chi connectivity index (χ1) is 26.1. The summed E-state index contributed by atoms with van der Waals surface area (Å²) in [6.07, 6.45) is -5.63. The second-order valence-electron chi connectivity index (χ2n) is 15.9. The summed E-state index contributed by atoms with van der Waals surface area (Å²) in [7, 11) is 1.39. The maximum Gasteiger partial charge on any atom is 0.344 e. The monoisotopic (exact) mass is 794 g/mol. The van der Waals surface area contributed by atoms with Crippen LogP contribution in [0.5, 0.6) is 0 Å². The van der Waals surface area contributed by atoms with Crippen molar-refractivity contribution in [2.24, 2.45) is 29.1 Å². The van der Waals surface area contributed by atoms with E-state index in [4.69, 9.17) is 42.6 Å². The van der Waals surface area contributed by atoms with Crippen molar-refractivity contribution in [2.45, 2.75) is 123 Å². The van der Waals surface area contributed by atoms with E-state index in [-0.39, 0.29) is 37.9 Å². The molecule has 11 atom stereocenters. The third kappa shape index (κ3) is 9.10. The van der Waals surface area contributed by atoms with Crippen LogP contribution in [0.3, 0.4) is 0 Å². The highest BCUT2D eigenvalue weighted by molar-refractivity contribution is 5.78. The molecule has 4 rings (SSSR count). The number of carbonyl (C=O) groups excluding carboxylic acids is 7. The average Bonchev–Trinajstić information content (AvgIpc) is 3.83. The fourth-order valence-electron chi connectivity index (χ4n) is 8.14. The van der Waals surface area contributed by atoms with Gasteiger partial charge in [0.25, 0.3) is 0 Å². The molecule has 2 heterocycles.